The predicted molar refractivity (Wildman–Crippen MR) is 108 cm³/mol. The van der Waals surface area contributed by atoms with Gasteiger partial charge in [0.1, 0.15) is 12.4 Å². The molecule has 142 valence electrons. The van der Waals surface area contributed by atoms with Crippen LogP contribution in [0, 0.1) is 6.92 Å². The fourth-order valence-electron chi connectivity index (χ4n) is 3.20. The van der Waals surface area contributed by atoms with Crippen LogP contribution in [0.25, 0.3) is 5.65 Å². The van der Waals surface area contributed by atoms with Gasteiger partial charge in [-0.25, -0.2) is 4.98 Å². The Morgan fingerprint density at radius 1 is 1.19 bits per heavy atom. The van der Waals surface area contributed by atoms with Crippen molar-refractivity contribution in [2.45, 2.75) is 46.6 Å². The maximum absolute atomic E-state index is 11.7. The number of benzene rings is 1. The summed E-state index contributed by atoms with van der Waals surface area (Å²) in [6.45, 7) is 7.44. The first kappa shape index (κ1) is 19.0. The van der Waals surface area contributed by atoms with Gasteiger partial charge >= 0.3 is 0 Å². The summed E-state index contributed by atoms with van der Waals surface area (Å²) in [6, 6.07) is 12.1. The van der Waals surface area contributed by atoms with E-state index in [1.165, 1.54) is 5.56 Å². The molecule has 5 nitrogen and oxygen atoms in total. The Balaban J connectivity index is 1.96. The van der Waals surface area contributed by atoms with Crippen molar-refractivity contribution in [2.24, 2.45) is 0 Å². The number of fused-ring (bicyclic) bond motifs is 1. The SMILES string of the molecule is CCCCN(C=O)c1c(CC)nc2c(OCc3ccccc3C)cccn12. The van der Waals surface area contributed by atoms with Crippen molar-refractivity contribution in [3.8, 4) is 5.75 Å². The van der Waals surface area contributed by atoms with Gasteiger partial charge in [-0.1, -0.05) is 44.5 Å². The van der Waals surface area contributed by atoms with Crippen LogP contribution in [0.2, 0.25) is 0 Å². The minimum atomic E-state index is 0.489. The highest BCUT2D eigenvalue weighted by atomic mass is 16.5. The van der Waals surface area contributed by atoms with E-state index in [4.69, 9.17) is 9.72 Å². The zero-order valence-electron chi connectivity index (χ0n) is 16.3. The van der Waals surface area contributed by atoms with Crippen molar-refractivity contribution >= 4 is 17.9 Å². The van der Waals surface area contributed by atoms with Gasteiger partial charge in [0, 0.05) is 12.7 Å². The van der Waals surface area contributed by atoms with Crippen LogP contribution in [0.15, 0.2) is 42.6 Å². The second kappa shape index (κ2) is 8.71. The summed E-state index contributed by atoms with van der Waals surface area (Å²) in [5, 5.41) is 0. The third-order valence-corrected chi connectivity index (χ3v) is 4.79. The predicted octanol–water partition coefficient (Wildman–Crippen LogP) is 4.55. The van der Waals surface area contributed by atoms with Crippen LogP contribution in [0.4, 0.5) is 5.82 Å². The third kappa shape index (κ3) is 3.97. The number of hydrogen-bond acceptors (Lipinski definition) is 3. The fraction of sp³-hybridized carbons (Fsp3) is 0.364. The van der Waals surface area contributed by atoms with Crippen molar-refractivity contribution in [3.05, 3.63) is 59.4 Å². The minimum absolute atomic E-state index is 0.489. The van der Waals surface area contributed by atoms with Crippen LogP contribution in [0.1, 0.15) is 43.5 Å². The Labute approximate surface area is 160 Å². The number of aromatic nitrogens is 2. The Hall–Kier alpha value is -2.82. The van der Waals surface area contributed by atoms with Crippen molar-refractivity contribution in [3.63, 3.8) is 0 Å². The van der Waals surface area contributed by atoms with E-state index in [9.17, 15) is 4.79 Å². The summed E-state index contributed by atoms with van der Waals surface area (Å²) in [5.74, 6) is 1.57. The molecule has 0 aliphatic rings. The monoisotopic (exact) mass is 365 g/mol. The van der Waals surface area contributed by atoms with Gasteiger partial charge in [-0.3, -0.25) is 14.1 Å². The molecule has 0 fully saturated rings. The Kier molecular flexibility index (Phi) is 6.12. The topological polar surface area (TPSA) is 46.8 Å². The zero-order valence-corrected chi connectivity index (χ0v) is 16.3. The average Bonchev–Trinajstić information content (AvgIpc) is 3.07. The maximum atomic E-state index is 11.7. The highest BCUT2D eigenvalue weighted by Gasteiger charge is 2.19. The van der Waals surface area contributed by atoms with E-state index in [1.807, 2.05) is 34.9 Å². The van der Waals surface area contributed by atoms with Gasteiger partial charge in [0.2, 0.25) is 6.41 Å². The Morgan fingerprint density at radius 3 is 2.70 bits per heavy atom. The molecule has 0 unspecified atom stereocenters. The summed E-state index contributed by atoms with van der Waals surface area (Å²) in [4.78, 5) is 18.2. The number of nitrogens with zero attached hydrogens (tertiary/aromatic N) is 3. The summed E-state index contributed by atoms with van der Waals surface area (Å²) < 4.78 is 8.07. The number of aryl methyl sites for hydroxylation is 2. The van der Waals surface area contributed by atoms with E-state index in [-0.39, 0.29) is 0 Å². The quantitative estimate of drug-likeness (QED) is 0.523. The molecular formula is C22H27N3O2. The molecule has 0 radical (unpaired) electrons. The number of rotatable bonds is 9. The van der Waals surface area contributed by atoms with Crippen LogP contribution in [-0.4, -0.2) is 22.3 Å². The fourth-order valence-corrected chi connectivity index (χ4v) is 3.20. The van der Waals surface area contributed by atoms with Crippen molar-refractivity contribution in [2.75, 3.05) is 11.4 Å². The molecule has 2 aromatic heterocycles. The van der Waals surface area contributed by atoms with E-state index in [2.05, 4.69) is 32.9 Å². The lowest BCUT2D eigenvalue weighted by atomic mass is 10.1. The molecule has 27 heavy (non-hydrogen) atoms. The number of anilines is 1. The molecule has 0 aliphatic heterocycles. The van der Waals surface area contributed by atoms with E-state index >= 15 is 0 Å². The Morgan fingerprint density at radius 2 is 2.00 bits per heavy atom. The van der Waals surface area contributed by atoms with E-state index < -0.39 is 0 Å². The van der Waals surface area contributed by atoms with Gasteiger partial charge in [0.05, 0.1) is 5.69 Å². The number of imidazole rings is 1. The lowest BCUT2D eigenvalue weighted by Gasteiger charge is -2.18. The van der Waals surface area contributed by atoms with Gasteiger partial charge in [-0.05, 0) is 43.0 Å². The molecule has 0 bridgehead atoms. The first-order chi connectivity index (χ1) is 13.2. The molecule has 0 saturated heterocycles. The highest BCUT2D eigenvalue weighted by Crippen LogP contribution is 2.29. The average molecular weight is 365 g/mol. The molecular weight excluding hydrogens is 338 g/mol. The number of ether oxygens (including phenoxy) is 1. The first-order valence-corrected chi connectivity index (χ1v) is 9.58. The zero-order chi connectivity index (χ0) is 19.2. The summed E-state index contributed by atoms with van der Waals surface area (Å²) in [5.41, 5.74) is 4.01. The number of carbonyl (C=O) groups is 1. The molecule has 0 aliphatic carbocycles. The summed E-state index contributed by atoms with van der Waals surface area (Å²) >= 11 is 0. The number of amides is 1. The van der Waals surface area contributed by atoms with Gasteiger partial charge in [0.25, 0.3) is 0 Å². The minimum Gasteiger partial charge on any atom is -0.485 e. The van der Waals surface area contributed by atoms with Crippen molar-refractivity contribution in [1.82, 2.24) is 9.38 Å². The smallest absolute Gasteiger partial charge is 0.215 e. The Bertz CT molecular complexity index is 917. The molecule has 0 spiro atoms. The summed E-state index contributed by atoms with van der Waals surface area (Å²) in [7, 11) is 0. The van der Waals surface area contributed by atoms with Crippen LogP contribution < -0.4 is 9.64 Å². The molecule has 1 amide bonds. The van der Waals surface area contributed by atoms with Gasteiger partial charge < -0.3 is 4.74 Å². The number of carbonyl (C=O) groups excluding carboxylic acids is 1. The molecule has 1 aromatic carbocycles. The maximum Gasteiger partial charge on any atom is 0.215 e. The molecule has 3 aromatic rings. The molecule has 3 rings (SSSR count). The molecule has 2 heterocycles. The summed E-state index contributed by atoms with van der Waals surface area (Å²) in [6.07, 6.45) is 5.59. The lowest BCUT2D eigenvalue weighted by Crippen LogP contribution is -2.24. The second-order valence-corrected chi connectivity index (χ2v) is 6.67. The van der Waals surface area contributed by atoms with Crippen molar-refractivity contribution in [1.29, 1.82) is 0 Å². The first-order valence-electron chi connectivity index (χ1n) is 9.58. The molecule has 0 atom stereocenters. The number of unbranched alkanes of at least 4 members (excludes halogenated alkanes) is 1. The van der Waals surface area contributed by atoms with Gasteiger partial charge in [0.15, 0.2) is 11.4 Å². The molecule has 0 N–H and O–H groups in total. The standard InChI is InChI=1S/C22H27N3O2/c1-4-6-13-24(16-26)22-19(5-2)23-21-20(12-9-14-25(21)22)27-15-18-11-8-7-10-17(18)3/h7-12,14,16H,4-6,13,15H2,1-3H3. The molecule has 5 heteroatoms. The number of pyridine rings is 1. The van der Waals surface area contributed by atoms with Gasteiger partial charge in [-0.15, -0.1) is 0 Å². The van der Waals surface area contributed by atoms with Crippen LogP contribution in [0.3, 0.4) is 0 Å². The van der Waals surface area contributed by atoms with Crippen molar-refractivity contribution < 1.29 is 9.53 Å². The highest BCUT2D eigenvalue weighted by molar-refractivity contribution is 5.77. The normalized spacial score (nSPS) is 10.9. The van der Waals surface area contributed by atoms with Crippen LogP contribution >= 0.6 is 0 Å². The largest absolute Gasteiger partial charge is 0.485 e. The number of hydrogen-bond donors (Lipinski definition) is 0. The lowest BCUT2D eigenvalue weighted by molar-refractivity contribution is -0.107. The van der Waals surface area contributed by atoms with Gasteiger partial charge in [-0.2, -0.15) is 0 Å². The molecule has 0 saturated carbocycles. The van der Waals surface area contributed by atoms with E-state index in [1.54, 1.807) is 4.90 Å². The van der Waals surface area contributed by atoms with Crippen LogP contribution in [-0.2, 0) is 17.8 Å². The third-order valence-electron chi connectivity index (χ3n) is 4.79. The van der Waals surface area contributed by atoms with E-state index in [0.717, 1.165) is 54.1 Å². The van der Waals surface area contributed by atoms with Crippen LogP contribution in [0.5, 0.6) is 5.75 Å². The van der Waals surface area contributed by atoms with E-state index in [0.29, 0.717) is 13.2 Å². The second-order valence-electron chi connectivity index (χ2n) is 6.67.